The number of nitrogens with zero attached hydrogens (tertiary/aromatic N) is 1. The van der Waals surface area contributed by atoms with Gasteiger partial charge in [0, 0.05) is 6.54 Å². The summed E-state index contributed by atoms with van der Waals surface area (Å²) in [4.78, 5) is 0.160. The lowest BCUT2D eigenvalue weighted by molar-refractivity contribution is 0.182. The molecule has 2 unspecified atom stereocenters. The summed E-state index contributed by atoms with van der Waals surface area (Å²) in [6.07, 6.45) is 1.18. The summed E-state index contributed by atoms with van der Waals surface area (Å²) < 4.78 is 54.5. The van der Waals surface area contributed by atoms with E-state index in [1.807, 2.05) is 51.1 Å². The molecule has 2 atom stereocenters. The fourth-order valence-corrected chi connectivity index (χ4v) is 7.81. The third-order valence-electron chi connectivity index (χ3n) is 5.43. The third-order valence-corrected chi connectivity index (χ3v) is 9.92. The van der Waals surface area contributed by atoms with Gasteiger partial charge in [-0.25, -0.2) is 8.42 Å². The third kappa shape index (κ3) is 6.75. The topological polar surface area (TPSA) is 72.9 Å². The summed E-state index contributed by atoms with van der Waals surface area (Å²) in [7, 11) is -7.76. The monoisotopic (exact) mass is 481 g/mol. The Bertz CT molecular complexity index is 969. The van der Waals surface area contributed by atoms with Crippen LogP contribution in [0.5, 0.6) is 0 Å². The van der Waals surface area contributed by atoms with Crippen molar-refractivity contribution in [3.05, 3.63) is 65.7 Å². The van der Waals surface area contributed by atoms with Crippen LogP contribution in [-0.4, -0.2) is 31.7 Å². The van der Waals surface area contributed by atoms with Crippen molar-refractivity contribution in [2.75, 3.05) is 13.2 Å². The lowest BCUT2D eigenvalue weighted by Crippen LogP contribution is -2.41. The summed E-state index contributed by atoms with van der Waals surface area (Å²) >= 11 is 0. The molecule has 0 saturated carbocycles. The molecule has 8 heteroatoms. The molecule has 0 heterocycles. The van der Waals surface area contributed by atoms with Gasteiger partial charge in [0.25, 0.3) is 0 Å². The minimum atomic E-state index is -3.99. The highest BCUT2D eigenvalue weighted by Crippen LogP contribution is 2.57. The van der Waals surface area contributed by atoms with E-state index >= 15 is 0 Å². The Morgan fingerprint density at radius 1 is 0.938 bits per heavy atom. The first-order chi connectivity index (χ1) is 15.2. The first kappa shape index (κ1) is 26.7. The van der Waals surface area contributed by atoms with Crippen molar-refractivity contribution >= 4 is 17.6 Å². The van der Waals surface area contributed by atoms with Crippen molar-refractivity contribution in [2.45, 2.75) is 64.7 Å². The molecule has 2 rings (SSSR count). The van der Waals surface area contributed by atoms with E-state index < -0.39 is 23.4 Å². The Kier molecular flexibility index (Phi) is 10.1. The van der Waals surface area contributed by atoms with E-state index in [9.17, 15) is 13.0 Å². The maximum Gasteiger partial charge on any atom is 0.348 e. The van der Waals surface area contributed by atoms with Gasteiger partial charge in [0.2, 0.25) is 10.0 Å². The van der Waals surface area contributed by atoms with Crippen molar-refractivity contribution in [1.29, 1.82) is 0 Å². The second-order valence-electron chi connectivity index (χ2n) is 7.95. The van der Waals surface area contributed by atoms with Gasteiger partial charge < -0.3 is 9.05 Å². The Morgan fingerprint density at radius 3 is 2.00 bits per heavy atom. The molecule has 0 aliphatic heterocycles. The molecule has 0 N–H and O–H groups in total. The first-order valence-electron chi connectivity index (χ1n) is 11.2. The summed E-state index contributed by atoms with van der Waals surface area (Å²) in [6.45, 7) is 9.84. The van der Waals surface area contributed by atoms with Crippen molar-refractivity contribution in [1.82, 2.24) is 4.31 Å². The van der Waals surface area contributed by atoms with Gasteiger partial charge in [0.15, 0.2) is 0 Å². The van der Waals surface area contributed by atoms with Gasteiger partial charge in [-0.15, -0.1) is 0 Å². The number of hydrogen-bond acceptors (Lipinski definition) is 5. The Morgan fingerprint density at radius 2 is 1.50 bits per heavy atom. The van der Waals surface area contributed by atoms with Crippen LogP contribution in [0, 0.1) is 12.8 Å². The largest absolute Gasteiger partial charge is 0.348 e. The van der Waals surface area contributed by atoms with E-state index in [0.29, 0.717) is 6.42 Å². The van der Waals surface area contributed by atoms with Crippen LogP contribution < -0.4 is 0 Å². The van der Waals surface area contributed by atoms with Gasteiger partial charge in [-0.2, -0.15) is 4.31 Å². The lowest BCUT2D eigenvalue weighted by Gasteiger charge is -2.36. The first-order valence-corrected chi connectivity index (χ1v) is 14.2. The molecular formula is C24H36NO5PS. The fraction of sp³-hybridized carbons (Fsp3) is 0.500. The minimum Gasteiger partial charge on any atom is -0.308 e. The molecule has 0 spiro atoms. The molecule has 178 valence electrons. The summed E-state index contributed by atoms with van der Waals surface area (Å²) in [5.41, 5.74) is 1.76. The highest BCUT2D eigenvalue weighted by molar-refractivity contribution is 7.89. The molecular weight excluding hydrogens is 445 g/mol. The standard InChI is InChI=1S/C24H36NO5PS/c1-6-20(4)18-24(31(26,29-7-2)30-8-3)25(19-22-12-10-9-11-13-22)32(27,28)23-16-14-21(5)15-17-23/h9-17,20,24H,6-8,18-19H2,1-5H3. The molecule has 0 aliphatic rings. The van der Waals surface area contributed by atoms with Gasteiger partial charge in [0.05, 0.1) is 18.1 Å². The number of sulfonamides is 1. The van der Waals surface area contributed by atoms with E-state index in [1.54, 1.807) is 38.1 Å². The SMILES string of the molecule is CCOP(=O)(OCC)C(CC(C)CC)N(Cc1ccccc1)S(=O)(=O)c1ccc(C)cc1. The highest BCUT2D eigenvalue weighted by atomic mass is 32.2. The van der Waals surface area contributed by atoms with E-state index in [0.717, 1.165) is 17.5 Å². The van der Waals surface area contributed by atoms with Gasteiger partial charge in [-0.3, -0.25) is 4.57 Å². The van der Waals surface area contributed by atoms with Crippen LogP contribution in [-0.2, 0) is 30.2 Å². The van der Waals surface area contributed by atoms with Crippen molar-refractivity contribution < 1.29 is 22.0 Å². The van der Waals surface area contributed by atoms with E-state index in [2.05, 4.69) is 0 Å². The zero-order chi connectivity index (χ0) is 23.8. The zero-order valence-corrected chi connectivity index (χ0v) is 21.4. The molecule has 0 aliphatic carbocycles. The van der Waals surface area contributed by atoms with Crippen LogP contribution in [0.3, 0.4) is 0 Å². The number of benzene rings is 2. The van der Waals surface area contributed by atoms with Crippen molar-refractivity contribution in [3.63, 3.8) is 0 Å². The Balaban J connectivity index is 2.67. The van der Waals surface area contributed by atoms with Crippen LogP contribution >= 0.6 is 7.60 Å². The van der Waals surface area contributed by atoms with E-state index in [4.69, 9.17) is 9.05 Å². The van der Waals surface area contributed by atoms with Crippen LogP contribution in [0.4, 0.5) is 0 Å². The van der Waals surface area contributed by atoms with Crippen LogP contribution in [0.2, 0.25) is 0 Å². The van der Waals surface area contributed by atoms with Gasteiger partial charge in [0.1, 0.15) is 5.78 Å². The zero-order valence-electron chi connectivity index (χ0n) is 19.7. The summed E-state index contributed by atoms with van der Waals surface area (Å²) in [5.74, 6) is -0.815. The molecule has 0 amide bonds. The van der Waals surface area contributed by atoms with Crippen LogP contribution in [0.15, 0.2) is 59.5 Å². The van der Waals surface area contributed by atoms with Gasteiger partial charge in [-0.1, -0.05) is 68.3 Å². The fourth-order valence-electron chi connectivity index (χ4n) is 3.46. The number of hydrogen-bond donors (Lipinski definition) is 0. The summed E-state index contributed by atoms with van der Waals surface area (Å²) in [5, 5.41) is 0. The molecule has 0 radical (unpaired) electrons. The van der Waals surface area contributed by atoms with E-state index in [-0.39, 0.29) is 30.6 Å². The maximum atomic E-state index is 14.0. The second-order valence-corrected chi connectivity index (χ2v) is 12.0. The Labute approximate surface area is 193 Å². The van der Waals surface area contributed by atoms with Crippen molar-refractivity contribution in [3.8, 4) is 0 Å². The molecule has 0 fully saturated rings. The quantitative estimate of drug-likeness (QED) is 0.318. The predicted molar refractivity (Wildman–Crippen MR) is 129 cm³/mol. The number of aryl methyl sites for hydroxylation is 1. The van der Waals surface area contributed by atoms with E-state index in [1.165, 1.54) is 4.31 Å². The smallest absolute Gasteiger partial charge is 0.308 e. The second kappa shape index (κ2) is 12.1. The molecule has 0 saturated heterocycles. The average Bonchev–Trinajstić information content (AvgIpc) is 2.77. The molecule has 6 nitrogen and oxygen atoms in total. The predicted octanol–water partition coefficient (Wildman–Crippen LogP) is 6.21. The highest BCUT2D eigenvalue weighted by Gasteiger charge is 2.45. The average molecular weight is 482 g/mol. The number of rotatable bonds is 13. The molecule has 32 heavy (non-hydrogen) atoms. The summed E-state index contributed by atoms with van der Waals surface area (Å²) in [6, 6.07) is 16.0. The van der Waals surface area contributed by atoms with Gasteiger partial charge in [-0.05, 0) is 50.8 Å². The van der Waals surface area contributed by atoms with Crippen molar-refractivity contribution in [2.24, 2.45) is 5.92 Å². The molecule has 2 aromatic carbocycles. The molecule has 0 bridgehead atoms. The van der Waals surface area contributed by atoms with Gasteiger partial charge >= 0.3 is 7.60 Å². The van der Waals surface area contributed by atoms with Crippen LogP contribution in [0.25, 0.3) is 0 Å². The minimum absolute atomic E-state index is 0.0717. The Hall–Kier alpha value is -1.50. The molecule has 0 aromatic heterocycles. The normalized spacial score (nSPS) is 14.4. The lowest BCUT2D eigenvalue weighted by atomic mass is 10.1. The maximum absolute atomic E-state index is 14.0. The van der Waals surface area contributed by atoms with Crippen LogP contribution in [0.1, 0.15) is 51.7 Å². The molecule has 2 aromatic rings.